The smallest absolute Gasteiger partial charge is 0.0934 e. The molecule has 17 heavy (non-hydrogen) atoms. The molecule has 2 rings (SSSR count). The van der Waals surface area contributed by atoms with E-state index in [9.17, 15) is 5.11 Å². The van der Waals surface area contributed by atoms with E-state index in [1.165, 1.54) is 23.5 Å². The fourth-order valence-corrected chi connectivity index (χ4v) is 3.77. The fraction of sp³-hybridized carbons (Fsp3) is 0.786. The van der Waals surface area contributed by atoms with Gasteiger partial charge in [0.2, 0.25) is 0 Å². The summed E-state index contributed by atoms with van der Waals surface area (Å²) < 4.78 is 0. The molecule has 0 saturated heterocycles. The molecule has 0 radical (unpaired) electrons. The molecule has 3 heteroatoms. The maximum atomic E-state index is 9.62. The first-order valence-corrected chi connectivity index (χ1v) is 7.39. The predicted molar refractivity (Wildman–Crippen MR) is 72.5 cm³/mol. The highest BCUT2D eigenvalue weighted by Crippen LogP contribution is 2.41. The zero-order chi connectivity index (χ0) is 12.5. The van der Waals surface area contributed by atoms with Gasteiger partial charge in [-0.25, -0.2) is 4.98 Å². The van der Waals surface area contributed by atoms with Crippen LogP contribution in [0.1, 0.15) is 57.2 Å². The van der Waals surface area contributed by atoms with E-state index in [4.69, 9.17) is 4.98 Å². The molecule has 96 valence electrons. The van der Waals surface area contributed by atoms with Crippen molar-refractivity contribution in [3.63, 3.8) is 0 Å². The van der Waals surface area contributed by atoms with E-state index in [0.29, 0.717) is 6.61 Å². The van der Waals surface area contributed by atoms with Gasteiger partial charge in [-0.2, -0.15) is 0 Å². The zero-order valence-corrected chi connectivity index (χ0v) is 11.9. The van der Waals surface area contributed by atoms with Gasteiger partial charge in [0.25, 0.3) is 0 Å². The van der Waals surface area contributed by atoms with Gasteiger partial charge >= 0.3 is 0 Å². The van der Waals surface area contributed by atoms with Crippen molar-refractivity contribution in [3.8, 4) is 0 Å². The van der Waals surface area contributed by atoms with Gasteiger partial charge in [-0.15, -0.1) is 11.3 Å². The Morgan fingerprint density at radius 3 is 2.47 bits per heavy atom. The molecule has 0 atom stereocenters. The topological polar surface area (TPSA) is 33.1 Å². The molecule has 1 aliphatic rings. The molecule has 1 aliphatic carbocycles. The first-order valence-electron chi connectivity index (χ1n) is 6.51. The number of rotatable bonds is 3. The SMILES string of the molecule is CC(C)(C)c1csc(CC2(CO)CCCC2)n1. The quantitative estimate of drug-likeness (QED) is 0.894. The molecular formula is C14H23NOS. The van der Waals surface area contributed by atoms with Crippen molar-refractivity contribution in [1.82, 2.24) is 4.98 Å². The third-order valence-electron chi connectivity index (χ3n) is 3.85. The van der Waals surface area contributed by atoms with Gasteiger partial charge in [-0.1, -0.05) is 33.6 Å². The first-order chi connectivity index (χ1) is 7.95. The molecule has 1 heterocycles. The van der Waals surface area contributed by atoms with Crippen LogP contribution in [0.5, 0.6) is 0 Å². The largest absolute Gasteiger partial charge is 0.396 e. The number of aliphatic hydroxyl groups is 1. The Balaban J connectivity index is 2.11. The maximum absolute atomic E-state index is 9.62. The molecule has 1 N–H and O–H groups in total. The highest BCUT2D eigenvalue weighted by Gasteiger charge is 2.34. The Bertz CT molecular complexity index is 372. The molecule has 1 aromatic rings. The van der Waals surface area contributed by atoms with Crippen molar-refractivity contribution >= 4 is 11.3 Å². The van der Waals surface area contributed by atoms with Crippen molar-refractivity contribution in [2.75, 3.05) is 6.61 Å². The highest BCUT2D eigenvalue weighted by molar-refractivity contribution is 7.09. The van der Waals surface area contributed by atoms with Crippen molar-refractivity contribution < 1.29 is 5.11 Å². The summed E-state index contributed by atoms with van der Waals surface area (Å²) in [7, 11) is 0. The van der Waals surface area contributed by atoms with Crippen LogP contribution >= 0.6 is 11.3 Å². The Hall–Kier alpha value is -0.410. The minimum atomic E-state index is 0.132. The molecule has 0 bridgehead atoms. The summed E-state index contributed by atoms with van der Waals surface area (Å²) in [5, 5.41) is 13.0. The lowest BCUT2D eigenvalue weighted by Gasteiger charge is -2.25. The molecule has 0 aliphatic heterocycles. The molecule has 0 amide bonds. The Morgan fingerprint density at radius 2 is 2.00 bits per heavy atom. The summed E-state index contributed by atoms with van der Waals surface area (Å²) >= 11 is 1.75. The lowest BCUT2D eigenvalue weighted by Crippen LogP contribution is -2.24. The van der Waals surface area contributed by atoms with E-state index in [1.807, 2.05) is 0 Å². The van der Waals surface area contributed by atoms with E-state index in [2.05, 4.69) is 26.2 Å². The van der Waals surface area contributed by atoms with Crippen molar-refractivity contribution in [1.29, 1.82) is 0 Å². The minimum Gasteiger partial charge on any atom is -0.396 e. The number of aliphatic hydroxyl groups excluding tert-OH is 1. The standard InChI is InChI=1S/C14H23NOS/c1-13(2,3)11-9-17-12(15-11)8-14(10-16)6-4-5-7-14/h9,16H,4-8,10H2,1-3H3. The molecule has 1 fully saturated rings. The van der Waals surface area contributed by atoms with Gasteiger partial charge in [0, 0.05) is 23.8 Å². The summed E-state index contributed by atoms with van der Waals surface area (Å²) in [6.07, 6.45) is 5.81. The second-order valence-electron chi connectivity index (χ2n) is 6.42. The second-order valence-corrected chi connectivity index (χ2v) is 7.36. The van der Waals surface area contributed by atoms with Gasteiger partial charge in [0.15, 0.2) is 0 Å². The highest BCUT2D eigenvalue weighted by atomic mass is 32.1. The summed E-state index contributed by atoms with van der Waals surface area (Å²) in [4.78, 5) is 4.75. The second kappa shape index (κ2) is 4.69. The van der Waals surface area contributed by atoms with Crippen molar-refractivity contribution in [2.24, 2.45) is 5.41 Å². The molecule has 0 unspecified atom stereocenters. The summed E-state index contributed by atoms with van der Waals surface area (Å²) in [6, 6.07) is 0. The van der Waals surface area contributed by atoms with Crippen LogP contribution in [0.15, 0.2) is 5.38 Å². The van der Waals surface area contributed by atoms with Crippen LogP contribution in [0.3, 0.4) is 0 Å². The lowest BCUT2D eigenvalue weighted by atomic mass is 9.84. The Kier molecular flexibility index (Phi) is 3.60. The van der Waals surface area contributed by atoms with Gasteiger partial charge in [-0.3, -0.25) is 0 Å². The summed E-state index contributed by atoms with van der Waals surface area (Å²) in [5.74, 6) is 0. The number of hydrogen-bond acceptors (Lipinski definition) is 3. The van der Waals surface area contributed by atoms with Crippen molar-refractivity contribution in [2.45, 2.75) is 58.3 Å². The molecular weight excluding hydrogens is 230 g/mol. The minimum absolute atomic E-state index is 0.132. The van der Waals surface area contributed by atoms with Crippen molar-refractivity contribution in [3.05, 3.63) is 16.1 Å². The van der Waals surface area contributed by atoms with E-state index in [1.54, 1.807) is 11.3 Å². The van der Waals surface area contributed by atoms with Gasteiger partial charge in [0.1, 0.15) is 0 Å². The molecule has 1 saturated carbocycles. The van der Waals surface area contributed by atoms with E-state index in [-0.39, 0.29) is 10.8 Å². The Morgan fingerprint density at radius 1 is 1.35 bits per heavy atom. The average molecular weight is 253 g/mol. The van der Waals surface area contributed by atoms with E-state index in [0.717, 1.165) is 19.3 Å². The number of nitrogens with zero attached hydrogens (tertiary/aromatic N) is 1. The van der Waals surface area contributed by atoms with Crippen LogP contribution in [0.4, 0.5) is 0 Å². The first kappa shape index (κ1) is 13.0. The van der Waals surface area contributed by atoms with Crippen LogP contribution in [-0.2, 0) is 11.8 Å². The Labute approximate surface area is 108 Å². The molecule has 1 aromatic heterocycles. The monoisotopic (exact) mass is 253 g/mol. The number of hydrogen-bond donors (Lipinski definition) is 1. The van der Waals surface area contributed by atoms with Gasteiger partial charge in [-0.05, 0) is 18.3 Å². The van der Waals surface area contributed by atoms with Gasteiger partial charge < -0.3 is 5.11 Å². The zero-order valence-electron chi connectivity index (χ0n) is 11.1. The average Bonchev–Trinajstić information content (AvgIpc) is 2.87. The third kappa shape index (κ3) is 2.89. The molecule has 0 spiro atoms. The summed E-state index contributed by atoms with van der Waals surface area (Å²) in [6.45, 7) is 6.91. The summed E-state index contributed by atoms with van der Waals surface area (Å²) in [5.41, 5.74) is 1.45. The van der Waals surface area contributed by atoms with Crippen LogP contribution in [0.25, 0.3) is 0 Å². The number of thiazole rings is 1. The molecule has 2 nitrogen and oxygen atoms in total. The maximum Gasteiger partial charge on any atom is 0.0934 e. The number of aromatic nitrogens is 1. The predicted octanol–water partition coefficient (Wildman–Crippen LogP) is 3.54. The van der Waals surface area contributed by atoms with Gasteiger partial charge in [0.05, 0.1) is 10.7 Å². The van der Waals surface area contributed by atoms with Crippen LogP contribution in [0.2, 0.25) is 0 Å². The van der Waals surface area contributed by atoms with Crippen LogP contribution in [0, 0.1) is 5.41 Å². The van der Waals surface area contributed by atoms with E-state index < -0.39 is 0 Å². The fourth-order valence-electron chi connectivity index (χ4n) is 2.57. The van der Waals surface area contributed by atoms with Crippen LogP contribution < -0.4 is 0 Å². The van der Waals surface area contributed by atoms with Crippen LogP contribution in [-0.4, -0.2) is 16.7 Å². The molecule has 0 aromatic carbocycles. The lowest BCUT2D eigenvalue weighted by molar-refractivity contribution is 0.130. The third-order valence-corrected chi connectivity index (χ3v) is 4.69. The van der Waals surface area contributed by atoms with E-state index >= 15 is 0 Å². The normalized spacial score (nSPS) is 19.8.